The van der Waals surface area contributed by atoms with Crippen LogP contribution in [-0.4, -0.2) is 12.5 Å². The maximum Gasteiger partial charge on any atom is 0.309 e. The van der Waals surface area contributed by atoms with Crippen LogP contribution in [0.1, 0.15) is 49.3 Å². The van der Waals surface area contributed by atoms with Crippen LogP contribution >= 0.6 is 0 Å². The fourth-order valence-corrected chi connectivity index (χ4v) is 3.69. The van der Waals surface area contributed by atoms with Gasteiger partial charge in [0.15, 0.2) is 0 Å². The topological polar surface area (TPSA) is 52.3 Å². The number of carbonyl (C=O) groups is 1. The average molecular weight is 273 g/mol. The molecule has 2 N–H and O–H groups in total. The molecule has 2 aliphatic rings. The molecule has 3 heteroatoms. The predicted octanol–water partition coefficient (Wildman–Crippen LogP) is 2.98. The Bertz CT molecular complexity index is 486. The fourth-order valence-electron chi connectivity index (χ4n) is 3.69. The molecule has 0 aromatic heterocycles. The molecule has 1 aromatic carbocycles. The van der Waals surface area contributed by atoms with Gasteiger partial charge in [0.25, 0.3) is 0 Å². The molecular formula is C17H23NO2. The highest BCUT2D eigenvalue weighted by atomic mass is 16.5. The molecule has 1 fully saturated rings. The van der Waals surface area contributed by atoms with E-state index in [0.29, 0.717) is 12.5 Å². The highest BCUT2D eigenvalue weighted by Gasteiger charge is 2.35. The zero-order valence-electron chi connectivity index (χ0n) is 11.9. The van der Waals surface area contributed by atoms with E-state index in [0.717, 1.165) is 38.5 Å². The van der Waals surface area contributed by atoms with Crippen LogP contribution in [0.25, 0.3) is 0 Å². The summed E-state index contributed by atoms with van der Waals surface area (Å²) in [6, 6.07) is 8.34. The number of ether oxygens (including phenoxy) is 1. The Balaban J connectivity index is 1.71. The summed E-state index contributed by atoms with van der Waals surface area (Å²) < 4.78 is 5.84. The average Bonchev–Trinajstić information content (AvgIpc) is 2.96. The number of aryl methyl sites for hydroxylation is 1. The standard InChI is InChI=1S/C17H23NO2/c18-11-13-7-3-9-15(13)17(19)20-16-10-4-6-12-5-1-2-8-14(12)16/h1-2,5,8,13,15-16H,3-4,6-7,9-11,18H2. The monoisotopic (exact) mass is 273 g/mol. The second-order valence-corrected chi connectivity index (χ2v) is 6.05. The van der Waals surface area contributed by atoms with E-state index < -0.39 is 0 Å². The van der Waals surface area contributed by atoms with Crippen molar-refractivity contribution in [2.24, 2.45) is 17.6 Å². The largest absolute Gasteiger partial charge is 0.457 e. The van der Waals surface area contributed by atoms with Gasteiger partial charge in [0.2, 0.25) is 0 Å². The Labute approximate surface area is 120 Å². The molecule has 0 saturated heterocycles. The molecule has 2 aliphatic carbocycles. The fraction of sp³-hybridized carbons (Fsp3) is 0.588. The van der Waals surface area contributed by atoms with E-state index in [-0.39, 0.29) is 18.0 Å². The maximum atomic E-state index is 12.4. The minimum atomic E-state index is -0.0496. The second kappa shape index (κ2) is 5.96. The number of fused-ring (bicyclic) bond motifs is 1. The van der Waals surface area contributed by atoms with Crippen molar-refractivity contribution < 1.29 is 9.53 Å². The summed E-state index contributed by atoms with van der Waals surface area (Å²) in [7, 11) is 0. The van der Waals surface area contributed by atoms with Gasteiger partial charge in [-0.2, -0.15) is 0 Å². The maximum absolute atomic E-state index is 12.4. The molecule has 0 spiro atoms. The summed E-state index contributed by atoms with van der Waals surface area (Å²) in [6.45, 7) is 0.598. The molecule has 1 aromatic rings. The first-order valence-electron chi connectivity index (χ1n) is 7.78. The lowest BCUT2D eigenvalue weighted by Gasteiger charge is -2.27. The van der Waals surface area contributed by atoms with Crippen molar-refractivity contribution >= 4 is 5.97 Å². The molecule has 0 aliphatic heterocycles. The van der Waals surface area contributed by atoms with Crippen LogP contribution in [-0.2, 0) is 16.0 Å². The summed E-state index contributed by atoms with van der Waals surface area (Å²) in [5, 5.41) is 0. The third kappa shape index (κ3) is 2.59. The van der Waals surface area contributed by atoms with Crippen LogP contribution in [0.4, 0.5) is 0 Å². The molecular weight excluding hydrogens is 250 g/mol. The van der Waals surface area contributed by atoms with Crippen molar-refractivity contribution in [3.05, 3.63) is 35.4 Å². The normalized spacial score (nSPS) is 28.9. The predicted molar refractivity (Wildman–Crippen MR) is 78.1 cm³/mol. The first-order chi connectivity index (χ1) is 9.79. The molecule has 108 valence electrons. The molecule has 3 unspecified atom stereocenters. The molecule has 1 saturated carbocycles. The summed E-state index contributed by atoms with van der Waals surface area (Å²) in [5.41, 5.74) is 8.30. The van der Waals surface area contributed by atoms with Crippen LogP contribution in [0, 0.1) is 11.8 Å². The molecule has 3 rings (SSSR count). The van der Waals surface area contributed by atoms with Gasteiger partial charge in [-0.15, -0.1) is 0 Å². The minimum absolute atomic E-state index is 0.0223. The van der Waals surface area contributed by atoms with Gasteiger partial charge in [-0.3, -0.25) is 4.79 Å². The molecule has 0 bridgehead atoms. The number of nitrogens with two attached hydrogens (primary N) is 1. The van der Waals surface area contributed by atoms with E-state index >= 15 is 0 Å². The van der Waals surface area contributed by atoms with E-state index in [1.165, 1.54) is 11.1 Å². The van der Waals surface area contributed by atoms with Crippen LogP contribution < -0.4 is 5.73 Å². The third-order valence-electron chi connectivity index (χ3n) is 4.84. The number of esters is 1. The van der Waals surface area contributed by atoms with Gasteiger partial charge in [-0.25, -0.2) is 0 Å². The number of carbonyl (C=O) groups excluding carboxylic acids is 1. The Hall–Kier alpha value is -1.35. The number of rotatable bonds is 3. The third-order valence-corrected chi connectivity index (χ3v) is 4.84. The van der Waals surface area contributed by atoms with E-state index in [1.807, 2.05) is 6.07 Å². The highest BCUT2D eigenvalue weighted by molar-refractivity contribution is 5.73. The molecule has 0 amide bonds. The van der Waals surface area contributed by atoms with Crippen LogP contribution in [0.2, 0.25) is 0 Å². The Morgan fingerprint density at radius 1 is 1.20 bits per heavy atom. The zero-order valence-corrected chi connectivity index (χ0v) is 11.9. The van der Waals surface area contributed by atoms with Gasteiger partial charge < -0.3 is 10.5 Å². The molecule has 3 nitrogen and oxygen atoms in total. The number of benzene rings is 1. The summed E-state index contributed by atoms with van der Waals surface area (Å²) in [6.07, 6.45) is 6.20. The lowest BCUT2D eigenvalue weighted by Crippen LogP contribution is -2.28. The zero-order chi connectivity index (χ0) is 13.9. The smallest absolute Gasteiger partial charge is 0.309 e. The van der Waals surface area contributed by atoms with Crippen LogP contribution in [0.15, 0.2) is 24.3 Å². The van der Waals surface area contributed by atoms with E-state index in [9.17, 15) is 4.79 Å². The SMILES string of the molecule is NCC1CCCC1C(=O)OC1CCCc2ccccc21. The van der Waals surface area contributed by atoms with Gasteiger partial charge in [0.1, 0.15) is 6.10 Å². The van der Waals surface area contributed by atoms with Crippen molar-refractivity contribution in [2.75, 3.05) is 6.54 Å². The van der Waals surface area contributed by atoms with Crippen molar-refractivity contribution in [3.63, 3.8) is 0 Å². The Kier molecular flexibility index (Phi) is 4.06. The van der Waals surface area contributed by atoms with Gasteiger partial charge in [-0.05, 0) is 55.7 Å². The summed E-state index contributed by atoms with van der Waals surface area (Å²) in [4.78, 5) is 12.4. The van der Waals surface area contributed by atoms with Crippen molar-refractivity contribution in [1.82, 2.24) is 0 Å². The van der Waals surface area contributed by atoms with E-state index in [2.05, 4.69) is 18.2 Å². The highest BCUT2D eigenvalue weighted by Crippen LogP contribution is 2.36. The van der Waals surface area contributed by atoms with Gasteiger partial charge >= 0.3 is 5.97 Å². The van der Waals surface area contributed by atoms with E-state index in [1.54, 1.807) is 0 Å². The first kappa shape index (κ1) is 13.6. The number of hydrogen-bond acceptors (Lipinski definition) is 3. The molecule has 0 radical (unpaired) electrons. The molecule has 0 heterocycles. The molecule has 3 atom stereocenters. The van der Waals surface area contributed by atoms with Crippen molar-refractivity contribution in [3.8, 4) is 0 Å². The first-order valence-corrected chi connectivity index (χ1v) is 7.78. The Morgan fingerprint density at radius 2 is 2.05 bits per heavy atom. The van der Waals surface area contributed by atoms with E-state index in [4.69, 9.17) is 10.5 Å². The minimum Gasteiger partial charge on any atom is -0.457 e. The van der Waals surface area contributed by atoms with Gasteiger partial charge in [-0.1, -0.05) is 30.7 Å². The van der Waals surface area contributed by atoms with Crippen LogP contribution in [0.5, 0.6) is 0 Å². The lowest BCUT2D eigenvalue weighted by molar-refractivity contribution is -0.156. The lowest BCUT2D eigenvalue weighted by atomic mass is 9.89. The molecule has 20 heavy (non-hydrogen) atoms. The van der Waals surface area contributed by atoms with Crippen molar-refractivity contribution in [2.45, 2.75) is 44.6 Å². The number of hydrogen-bond donors (Lipinski definition) is 1. The summed E-state index contributed by atoms with van der Waals surface area (Å²) in [5.74, 6) is 0.315. The van der Waals surface area contributed by atoms with Gasteiger partial charge in [0.05, 0.1) is 5.92 Å². The van der Waals surface area contributed by atoms with Crippen LogP contribution in [0.3, 0.4) is 0 Å². The second-order valence-electron chi connectivity index (χ2n) is 6.05. The quantitative estimate of drug-likeness (QED) is 0.861. The summed E-state index contributed by atoms with van der Waals surface area (Å²) >= 11 is 0. The Morgan fingerprint density at radius 3 is 2.90 bits per heavy atom. The van der Waals surface area contributed by atoms with Gasteiger partial charge in [0, 0.05) is 0 Å². The van der Waals surface area contributed by atoms with Crippen molar-refractivity contribution in [1.29, 1.82) is 0 Å².